The van der Waals surface area contributed by atoms with Crippen molar-refractivity contribution in [3.8, 4) is 11.4 Å². The van der Waals surface area contributed by atoms with E-state index in [-0.39, 0.29) is 5.91 Å². The van der Waals surface area contributed by atoms with E-state index in [2.05, 4.69) is 50.0 Å². The van der Waals surface area contributed by atoms with Crippen LogP contribution in [0.3, 0.4) is 0 Å². The Kier molecular flexibility index (Phi) is 5.44. The van der Waals surface area contributed by atoms with Gasteiger partial charge in [-0.15, -0.1) is 0 Å². The minimum Gasteiger partial charge on any atom is -0.342 e. The summed E-state index contributed by atoms with van der Waals surface area (Å²) >= 11 is 0. The molecule has 0 N–H and O–H groups in total. The highest BCUT2D eigenvalue weighted by atomic mass is 16.2. The zero-order valence-electron chi connectivity index (χ0n) is 19.9. The van der Waals surface area contributed by atoms with Gasteiger partial charge in [-0.1, -0.05) is 12.1 Å². The molecule has 2 aliphatic heterocycles. The van der Waals surface area contributed by atoms with E-state index in [9.17, 15) is 4.79 Å². The number of carbonyl (C=O) groups excluding carboxylic acids is 1. The summed E-state index contributed by atoms with van der Waals surface area (Å²) in [5, 5.41) is 4.47. The van der Waals surface area contributed by atoms with Gasteiger partial charge in [0.2, 0.25) is 5.91 Å². The van der Waals surface area contributed by atoms with Crippen LogP contribution in [-0.4, -0.2) is 61.6 Å². The highest BCUT2D eigenvalue weighted by molar-refractivity contribution is 5.78. The fraction of sp³-hybridized carbons (Fsp3) is 0.481. The molecular formula is C27H32N6O. The monoisotopic (exact) mass is 456 g/mol. The molecule has 1 spiro atoms. The van der Waals surface area contributed by atoms with Crippen LogP contribution >= 0.6 is 0 Å². The molecule has 176 valence electrons. The van der Waals surface area contributed by atoms with Crippen molar-refractivity contribution < 1.29 is 4.79 Å². The molecule has 3 aliphatic rings. The van der Waals surface area contributed by atoms with Gasteiger partial charge in [0, 0.05) is 62.9 Å². The molecule has 0 bridgehead atoms. The maximum absolute atomic E-state index is 12.8. The van der Waals surface area contributed by atoms with Crippen LogP contribution in [0.2, 0.25) is 0 Å². The van der Waals surface area contributed by atoms with Crippen LogP contribution in [0.5, 0.6) is 0 Å². The Hall–Kier alpha value is -3.06. The van der Waals surface area contributed by atoms with Crippen molar-refractivity contribution in [1.82, 2.24) is 29.5 Å². The second-order valence-corrected chi connectivity index (χ2v) is 10.2. The molecule has 0 saturated carbocycles. The number of fused-ring (bicyclic) bond motifs is 1. The Morgan fingerprint density at radius 1 is 1.12 bits per heavy atom. The summed E-state index contributed by atoms with van der Waals surface area (Å²) in [6.45, 7) is 6.97. The second kappa shape index (κ2) is 8.62. The van der Waals surface area contributed by atoms with Gasteiger partial charge >= 0.3 is 0 Å². The average molecular weight is 457 g/mol. The summed E-state index contributed by atoms with van der Waals surface area (Å²) in [5.74, 6) is 1.02. The lowest BCUT2D eigenvalue weighted by molar-refractivity contribution is -0.136. The maximum atomic E-state index is 12.8. The van der Waals surface area contributed by atoms with Gasteiger partial charge in [0.25, 0.3) is 0 Å². The number of benzene rings is 1. The molecule has 4 heterocycles. The third-order valence-corrected chi connectivity index (χ3v) is 8.06. The van der Waals surface area contributed by atoms with E-state index < -0.39 is 0 Å². The minimum absolute atomic E-state index is 0.218. The normalized spacial score (nSPS) is 21.4. The summed E-state index contributed by atoms with van der Waals surface area (Å²) < 4.78 is 1.88. The number of piperidine rings is 1. The van der Waals surface area contributed by atoms with Crippen LogP contribution in [0.15, 0.2) is 48.9 Å². The van der Waals surface area contributed by atoms with E-state index in [0.717, 1.165) is 69.1 Å². The fourth-order valence-electron chi connectivity index (χ4n) is 6.08. The highest BCUT2D eigenvalue weighted by Gasteiger charge is 2.48. The Bertz CT molecular complexity index is 1170. The van der Waals surface area contributed by atoms with E-state index in [4.69, 9.17) is 0 Å². The van der Waals surface area contributed by atoms with Crippen molar-refractivity contribution in [2.45, 2.75) is 51.6 Å². The minimum atomic E-state index is 0.218. The molecule has 6 rings (SSSR count). The first-order valence-electron chi connectivity index (χ1n) is 12.6. The SMILES string of the molecule is CCn1ccc(CC(=O)N2CCC3(CC2)CN(C2CCc4cc(-c5ncccn5)ccc42)C3)n1. The molecule has 3 aromatic rings. The van der Waals surface area contributed by atoms with E-state index in [0.29, 0.717) is 17.9 Å². The molecule has 7 nitrogen and oxygen atoms in total. The molecule has 34 heavy (non-hydrogen) atoms. The van der Waals surface area contributed by atoms with Gasteiger partial charge in [-0.3, -0.25) is 14.4 Å². The number of aromatic nitrogens is 4. The number of nitrogens with zero attached hydrogens (tertiary/aromatic N) is 6. The predicted octanol–water partition coefficient (Wildman–Crippen LogP) is 3.51. The molecule has 1 unspecified atom stereocenters. The average Bonchev–Trinajstić information content (AvgIpc) is 3.49. The van der Waals surface area contributed by atoms with Crippen LogP contribution in [0.25, 0.3) is 11.4 Å². The first kappa shape index (κ1) is 21.5. The van der Waals surface area contributed by atoms with Gasteiger partial charge < -0.3 is 4.90 Å². The molecule has 1 aliphatic carbocycles. The lowest BCUT2D eigenvalue weighted by atomic mass is 9.71. The standard InChI is InChI=1S/C27H32N6O/c1-2-33-13-8-22(30-33)17-25(34)31-14-9-27(10-15-31)18-32(19-27)24-7-5-20-16-21(4-6-23(20)24)26-28-11-3-12-29-26/h3-4,6,8,11-13,16,24H,2,5,7,9-10,14-15,17-19H2,1H3. The summed E-state index contributed by atoms with van der Waals surface area (Å²) in [6.07, 6.45) is 10.5. The molecule has 2 saturated heterocycles. The number of carbonyl (C=O) groups is 1. The lowest BCUT2D eigenvalue weighted by Crippen LogP contribution is -2.61. The fourth-order valence-corrected chi connectivity index (χ4v) is 6.08. The predicted molar refractivity (Wildman–Crippen MR) is 130 cm³/mol. The van der Waals surface area contributed by atoms with Crippen molar-refractivity contribution in [3.63, 3.8) is 0 Å². The Balaban J connectivity index is 1.04. The van der Waals surface area contributed by atoms with Crippen LogP contribution in [0, 0.1) is 5.41 Å². The molecule has 1 aromatic carbocycles. The summed E-state index contributed by atoms with van der Waals surface area (Å²) in [7, 11) is 0. The summed E-state index contributed by atoms with van der Waals surface area (Å²) in [6, 6.07) is 11.1. The zero-order valence-corrected chi connectivity index (χ0v) is 19.9. The highest BCUT2D eigenvalue weighted by Crippen LogP contribution is 2.48. The molecule has 2 fully saturated rings. The summed E-state index contributed by atoms with van der Waals surface area (Å²) in [4.78, 5) is 26.3. The number of rotatable bonds is 5. The van der Waals surface area contributed by atoms with Gasteiger partial charge in [-0.2, -0.15) is 5.10 Å². The van der Waals surface area contributed by atoms with E-state index >= 15 is 0 Å². The van der Waals surface area contributed by atoms with Crippen molar-refractivity contribution in [3.05, 3.63) is 65.7 Å². The quantitative estimate of drug-likeness (QED) is 0.588. The Morgan fingerprint density at radius 2 is 1.91 bits per heavy atom. The van der Waals surface area contributed by atoms with Gasteiger partial charge in [0.15, 0.2) is 5.82 Å². The molecule has 0 radical (unpaired) electrons. The zero-order chi connectivity index (χ0) is 23.1. The Morgan fingerprint density at radius 3 is 2.65 bits per heavy atom. The smallest absolute Gasteiger partial charge is 0.228 e. The van der Waals surface area contributed by atoms with E-state index in [1.54, 1.807) is 12.4 Å². The van der Waals surface area contributed by atoms with Gasteiger partial charge in [0.1, 0.15) is 0 Å². The second-order valence-electron chi connectivity index (χ2n) is 10.2. The molecule has 1 atom stereocenters. The maximum Gasteiger partial charge on any atom is 0.228 e. The van der Waals surface area contributed by atoms with Crippen molar-refractivity contribution in [1.29, 1.82) is 0 Å². The number of amides is 1. The molecule has 2 aromatic heterocycles. The van der Waals surface area contributed by atoms with Crippen LogP contribution in [0.4, 0.5) is 0 Å². The molecular weight excluding hydrogens is 424 g/mol. The first-order chi connectivity index (χ1) is 16.6. The number of hydrogen-bond donors (Lipinski definition) is 0. The lowest BCUT2D eigenvalue weighted by Gasteiger charge is -2.56. The van der Waals surface area contributed by atoms with Crippen molar-refractivity contribution in [2.24, 2.45) is 5.41 Å². The van der Waals surface area contributed by atoms with E-state index in [1.807, 2.05) is 23.0 Å². The topological polar surface area (TPSA) is 67.2 Å². The first-order valence-corrected chi connectivity index (χ1v) is 12.6. The van der Waals surface area contributed by atoms with Crippen LogP contribution in [0.1, 0.15) is 49.0 Å². The van der Waals surface area contributed by atoms with Crippen molar-refractivity contribution in [2.75, 3.05) is 26.2 Å². The number of likely N-dealkylation sites (tertiary alicyclic amines) is 2. The van der Waals surface area contributed by atoms with Crippen LogP contribution < -0.4 is 0 Å². The van der Waals surface area contributed by atoms with Crippen LogP contribution in [-0.2, 0) is 24.2 Å². The van der Waals surface area contributed by atoms with Gasteiger partial charge in [-0.25, -0.2) is 9.97 Å². The number of aryl methyl sites for hydroxylation is 2. The van der Waals surface area contributed by atoms with Gasteiger partial charge in [-0.05, 0) is 67.3 Å². The third-order valence-electron chi connectivity index (χ3n) is 8.06. The largest absolute Gasteiger partial charge is 0.342 e. The third kappa shape index (κ3) is 3.92. The molecule has 7 heteroatoms. The Labute approximate surface area is 200 Å². The summed E-state index contributed by atoms with van der Waals surface area (Å²) in [5.41, 5.74) is 5.30. The van der Waals surface area contributed by atoms with Gasteiger partial charge in [0.05, 0.1) is 12.1 Å². The molecule has 1 amide bonds. The number of hydrogen-bond acceptors (Lipinski definition) is 5. The van der Waals surface area contributed by atoms with Crippen molar-refractivity contribution >= 4 is 5.91 Å². The van der Waals surface area contributed by atoms with E-state index in [1.165, 1.54) is 17.5 Å².